The Morgan fingerprint density at radius 2 is 1.90 bits per heavy atom. The highest BCUT2D eigenvalue weighted by Crippen LogP contribution is 2.43. The average Bonchev–Trinajstić information content (AvgIpc) is 3.22. The molecule has 4 rings (SSSR count). The van der Waals surface area contributed by atoms with Gasteiger partial charge in [0.15, 0.2) is 17.1 Å². The van der Waals surface area contributed by atoms with Crippen molar-refractivity contribution < 1.29 is 22.4 Å². The molecule has 1 atom stereocenters. The van der Waals surface area contributed by atoms with Gasteiger partial charge < -0.3 is 15.2 Å². The summed E-state index contributed by atoms with van der Waals surface area (Å²) < 4.78 is 41.4. The number of aryl methyl sites for hydroxylation is 1. The van der Waals surface area contributed by atoms with Crippen LogP contribution in [0.3, 0.4) is 0 Å². The zero-order valence-electron chi connectivity index (χ0n) is 16.2. The van der Waals surface area contributed by atoms with Crippen molar-refractivity contribution in [1.82, 2.24) is 0 Å². The Bertz CT molecular complexity index is 1060. The van der Waals surface area contributed by atoms with Crippen molar-refractivity contribution in [3.05, 3.63) is 64.9 Å². The number of fused-ring (bicyclic) bond motifs is 1. The molecule has 0 fully saturated rings. The molecule has 3 aromatic rings. The van der Waals surface area contributed by atoms with Crippen LogP contribution >= 0.6 is 11.3 Å². The second-order valence-electron chi connectivity index (χ2n) is 6.98. The number of nitrogens with two attached hydrogens (primary N) is 1. The first-order valence-electron chi connectivity index (χ1n) is 8.93. The van der Waals surface area contributed by atoms with E-state index in [4.69, 9.17) is 19.8 Å². The lowest BCUT2D eigenvalue weighted by atomic mass is 10.0. The molecule has 0 radical (unpaired) electrons. The van der Waals surface area contributed by atoms with Gasteiger partial charge in [-0.15, -0.1) is 0 Å². The molecule has 0 spiro atoms. The van der Waals surface area contributed by atoms with E-state index in [0.717, 1.165) is 28.2 Å². The van der Waals surface area contributed by atoms with Gasteiger partial charge in [-0.05, 0) is 54.4 Å². The van der Waals surface area contributed by atoms with Crippen molar-refractivity contribution in [3.8, 4) is 22.6 Å². The second kappa shape index (κ2) is 8.54. The summed E-state index contributed by atoms with van der Waals surface area (Å²) >= 11 is 1.67. The monoisotopic (exact) mass is 433 g/mol. The first-order valence-corrected chi connectivity index (χ1v) is 11.3. The molecule has 1 aliphatic rings. The largest absolute Gasteiger partial charge is 0.485 e. The predicted octanol–water partition coefficient (Wildman–Crippen LogP) is 4.15. The lowest BCUT2D eigenvalue weighted by Gasteiger charge is -2.35. The minimum absolute atomic E-state index is 0.0666. The Balaban J connectivity index is 0.000000188. The minimum atomic E-state index is -4.02. The highest BCUT2D eigenvalue weighted by atomic mass is 32.2. The van der Waals surface area contributed by atoms with Crippen molar-refractivity contribution in [3.63, 3.8) is 0 Å². The van der Waals surface area contributed by atoms with E-state index >= 15 is 0 Å². The van der Waals surface area contributed by atoms with Gasteiger partial charge in [0.1, 0.15) is 6.61 Å². The molecule has 154 valence electrons. The number of rotatable bonds is 3. The standard InChI is InChI=1S/C14H15NO2S.C7H8O3S/c1-14(8-15)9-16-12-4-2-3-11(13(12)17-14)10-5-6-18-7-10;1-6-2-4-7(5-3-6)11(8,9)10/h2-7H,8-9,15H2,1H3;2-5H,1H3,(H,8,9,10)/t14-;/m1./s1. The number of hydrogen-bond donors (Lipinski definition) is 2. The Labute approximate surface area is 174 Å². The van der Waals surface area contributed by atoms with E-state index in [1.54, 1.807) is 23.5 Å². The fraction of sp³-hybridized carbons (Fsp3) is 0.238. The van der Waals surface area contributed by atoms with Crippen molar-refractivity contribution >= 4 is 21.5 Å². The quantitative estimate of drug-likeness (QED) is 0.602. The summed E-state index contributed by atoms with van der Waals surface area (Å²) in [6, 6.07) is 14.0. The number of hydrogen-bond acceptors (Lipinski definition) is 6. The van der Waals surface area contributed by atoms with E-state index in [1.807, 2.05) is 32.0 Å². The Morgan fingerprint density at radius 1 is 1.17 bits per heavy atom. The summed E-state index contributed by atoms with van der Waals surface area (Å²) in [4.78, 5) is -0.0666. The van der Waals surface area contributed by atoms with Crippen LogP contribution in [0.4, 0.5) is 0 Å². The summed E-state index contributed by atoms with van der Waals surface area (Å²) in [5, 5.41) is 4.16. The van der Waals surface area contributed by atoms with E-state index in [-0.39, 0.29) is 4.90 Å². The molecule has 2 aromatic carbocycles. The van der Waals surface area contributed by atoms with E-state index in [1.165, 1.54) is 12.1 Å². The zero-order valence-corrected chi connectivity index (χ0v) is 17.8. The maximum atomic E-state index is 10.5. The molecular weight excluding hydrogens is 410 g/mol. The van der Waals surface area contributed by atoms with Gasteiger partial charge in [0.2, 0.25) is 0 Å². The fourth-order valence-electron chi connectivity index (χ4n) is 2.70. The molecule has 3 N–H and O–H groups in total. The molecule has 1 aliphatic heterocycles. The Hall–Kier alpha value is -2.39. The first kappa shape index (κ1) is 21.3. The molecule has 0 amide bonds. The molecule has 0 bridgehead atoms. The van der Waals surface area contributed by atoms with Crippen LogP contribution in [0.1, 0.15) is 12.5 Å². The summed E-state index contributed by atoms with van der Waals surface area (Å²) in [5.41, 5.74) is 8.49. The van der Waals surface area contributed by atoms with Crippen molar-refractivity contribution in [1.29, 1.82) is 0 Å². The number of para-hydroxylation sites is 1. The highest BCUT2D eigenvalue weighted by molar-refractivity contribution is 7.85. The molecule has 0 unspecified atom stereocenters. The van der Waals surface area contributed by atoms with Gasteiger partial charge in [0.25, 0.3) is 10.1 Å². The molecule has 29 heavy (non-hydrogen) atoms. The molecule has 2 heterocycles. The summed E-state index contributed by atoms with van der Waals surface area (Å²) in [6.07, 6.45) is 0. The van der Waals surface area contributed by atoms with Gasteiger partial charge in [0, 0.05) is 12.1 Å². The SMILES string of the molecule is C[C@@]1(CN)COc2cccc(-c3ccsc3)c2O1.Cc1ccc(S(=O)(=O)O)cc1. The molecule has 6 nitrogen and oxygen atoms in total. The van der Waals surface area contributed by atoms with E-state index in [2.05, 4.69) is 16.8 Å². The topological polar surface area (TPSA) is 98.9 Å². The van der Waals surface area contributed by atoms with Gasteiger partial charge in [-0.25, -0.2) is 0 Å². The number of thiophene rings is 1. The van der Waals surface area contributed by atoms with Crippen molar-refractivity contribution in [2.75, 3.05) is 13.2 Å². The maximum absolute atomic E-state index is 10.5. The van der Waals surface area contributed by atoms with E-state index in [9.17, 15) is 8.42 Å². The van der Waals surface area contributed by atoms with Crippen molar-refractivity contribution in [2.45, 2.75) is 24.3 Å². The third kappa shape index (κ3) is 5.16. The van der Waals surface area contributed by atoms with Crippen LogP contribution in [-0.4, -0.2) is 31.7 Å². The Morgan fingerprint density at radius 3 is 2.48 bits per heavy atom. The lowest BCUT2D eigenvalue weighted by Crippen LogP contribution is -2.48. The van der Waals surface area contributed by atoms with Crippen LogP contribution in [0.25, 0.3) is 11.1 Å². The molecule has 1 aromatic heterocycles. The third-order valence-electron chi connectivity index (χ3n) is 4.44. The average molecular weight is 434 g/mol. The third-order valence-corrected chi connectivity index (χ3v) is 5.99. The predicted molar refractivity (Wildman–Crippen MR) is 114 cm³/mol. The van der Waals surface area contributed by atoms with Crippen LogP contribution in [0.2, 0.25) is 0 Å². The number of benzene rings is 2. The normalized spacial score (nSPS) is 17.9. The molecule has 0 saturated heterocycles. The minimum Gasteiger partial charge on any atom is -0.485 e. The molecule has 0 aliphatic carbocycles. The smallest absolute Gasteiger partial charge is 0.294 e. The van der Waals surface area contributed by atoms with Crippen LogP contribution < -0.4 is 15.2 Å². The first-order chi connectivity index (χ1) is 13.7. The van der Waals surface area contributed by atoms with Crippen molar-refractivity contribution in [2.24, 2.45) is 5.73 Å². The number of ether oxygens (including phenoxy) is 2. The molecule has 8 heteroatoms. The molecule has 0 saturated carbocycles. The lowest BCUT2D eigenvalue weighted by molar-refractivity contribution is 0.0141. The highest BCUT2D eigenvalue weighted by Gasteiger charge is 2.33. The van der Waals surface area contributed by atoms with Crippen LogP contribution in [0, 0.1) is 6.92 Å². The van der Waals surface area contributed by atoms with E-state index in [0.29, 0.717) is 13.2 Å². The van der Waals surface area contributed by atoms with Crippen LogP contribution in [0.15, 0.2) is 64.2 Å². The van der Waals surface area contributed by atoms with Gasteiger partial charge >= 0.3 is 0 Å². The zero-order chi connectivity index (χ0) is 21.1. The van der Waals surface area contributed by atoms with Gasteiger partial charge in [-0.3, -0.25) is 4.55 Å². The van der Waals surface area contributed by atoms with Gasteiger partial charge in [0.05, 0.1) is 4.90 Å². The fourth-order valence-corrected chi connectivity index (χ4v) is 3.83. The molecular formula is C21H23NO5S2. The maximum Gasteiger partial charge on any atom is 0.294 e. The van der Waals surface area contributed by atoms with Crippen LogP contribution in [-0.2, 0) is 10.1 Å². The van der Waals surface area contributed by atoms with Gasteiger partial charge in [-0.1, -0.05) is 29.8 Å². The van der Waals surface area contributed by atoms with Crippen LogP contribution in [0.5, 0.6) is 11.5 Å². The second-order valence-corrected chi connectivity index (χ2v) is 9.18. The Kier molecular flexibility index (Phi) is 6.28. The summed E-state index contributed by atoms with van der Waals surface area (Å²) in [7, 11) is -4.02. The summed E-state index contributed by atoms with van der Waals surface area (Å²) in [5.74, 6) is 1.60. The summed E-state index contributed by atoms with van der Waals surface area (Å²) in [6.45, 7) is 4.74. The van der Waals surface area contributed by atoms with E-state index < -0.39 is 15.7 Å². The van der Waals surface area contributed by atoms with Gasteiger partial charge in [-0.2, -0.15) is 19.8 Å².